The molecule has 4 aromatic heterocycles. The molecule has 5 aromatic rings. The lowest BCUT2D eigenvalue weighted by atomic mass is 10.2. The zero-order valence-electron chi connectivity index (χ0n) is 17.2. The third-order valence-electron chi connectivity index (χ3n) is 4.97. The van der Waals surface area contributed by atoms with E-state index in [0.717, 1.165) is 63.2 Å². The summed E-state index contributed by atoms with van der Waals surface area (Å²) in [6.07, 6.45) is 5.10. The van der Waals surface area contributed by atoms with Gasteiger partial charge in [0, 0.05) is 37.7 Å². The zero-order chi connectivity index (χ0) is 20.4. The molecule has 5 rings (SSSR count). The van der Waals surface area contributed by atoms with Crippen molar-refractivity contribution in [2.24, 2.45) is 7.05 Å². The molecule has 0 aliphatic carbocycles. The van der Waals surface area contributed by atoms with E-state index in [1.807, 2.05) is 51.2 Å². The highest BCUT2D eigenvalue weighted by atomic mass is 15.1. The van der Waals surface area contributed by atoms with Gasteiger partial charge in [-0.15, -0.1) is 0 Å². The molecular weight excluding hydrogens is 360 g/mol. The minimum Gasteiger partial charge on any atom is -0.331 e. The van der Waals surface area contributed by atoms with Crippen molar-refractivity contribution in [2.45, 2.75) is 33.6 Å². The summed E-state index contributed by atoms with van der Waals surface area (Å²) in [6.45, 7) is 5.98. The SMILES string of the molecule is CC.Cc1nc(CCc2nc3c4cccnc4ccc3n2C)nc2cccnc12. The Kier molecular flexibility index (Phi) is 5.16. The van der Waals surface area contributed by atoms with E-state index in [4.69, 9.17) is 4.98 Å². The van der Waals surface area contributed by atoms with E-state index in [1.54, 1.807) is 6.20 Å². The smallest absolute Gasteiger partial charge is 0.129 e. The van der Waals surface area contributed by atoms with E-state index >= 15 is 0 Å². The first kappa shape index (κ1) is 18.9. The lowest BCUT2D eigenvalue weighted by Gasteiger charge is -2.05. The molecule has 0 radical (unpaired) electrons. The van der Waals surface area contributed by atoms with Crippen LogP contribution in [0.5, 0.6) is 0 Å². The molecular formula is C23H24N6. The van der Waals surface area contributed by atoms with Crippen LogP contribution in [0.1, 0.15) is 31.2 Å². The highest BCUT2D eigenvalue weighted by molar-refractivity contribution is 6.02. The fourth-order valence-electron chi connectivity index (χ4n) is 3.59. The van der Waals surface area contributed by atoms with Crippen LogP contribution < -0.4 is 0 Å². The summed E-state index contributed by atoms with van der Waals surface area (Å²) in [5, 5.41) is 1.08. The van der Waals surface area contributed by atoms with E-state index in [1.165, 1.54) is 0 Å². The maximum atomic E-state index is 4.90. The number of pyridine rings is 2. The normalized spacial score (nSPS) is 11.0. The molecule has 0 saturated carbocycles. The van der Waals surface area contributed by atoms with Crippen LogP contribution in [0.15, 0.2) is 48.8 Å². The molecule has 6 heteroatoms. The summed E-state index contributed by atoms with van der Waals surface area (Å²) in [7, 11) is 2.06. The van der Waals surface area contributed by atoms with Crippen molar-refractivity contribution in [1.82, 2.24) is 29.5 Å². The first-order valence-corrected chi connectivity index (χ1v) is 9.98. The fourth-order valence-corrected chi connectivity index (χ4v) is 3.59. The van der Waals surface area contributed by atoms with Gasteiger partial charge in [-0.25, -0.2) is 15.0 Å². The third kappa shape index (κ3) is 3.42. The third-order valence-corrected chi connectivity index (χ3v) is 4.97. The number of hydrogen-bond donors (Lipinski definition) is 0. The average Bonchev–Trinajstić information content (AvgIpc) is 3.10. The summed E-state index contributed by atoms with van der Waals surface area (Å²) in [6, 6.07) is 12.0. The second-order valence-electron chi connectivity index (χ2n) is 6.69. The molecule has 4 heterocycles. The van der Waals surface area contributed by atoms with Crippen LogP contribution in [0, 0.1) is 6.92 Å². The Morgan fingerprint density at radius 2 is 1.59 bits per heavy atom. The summed E-state index contributed by atoms with van der Waals surface area (Å²) in [5.41, 5.74) is 5.75. The van der Waals surface area contributed by atoms with E-state index in [0.29, 0.717) is 0 Å². The highest BCUT2D eigenvalue weighted by Crippen LogP contribution is 2.24. The van der Waals surface area contributed by atoms with E-state index in [-0.39, 0.29) is 0 Å². The van der Waals surface area contributed by atoms with Gasteiger partial charge in [0.05, 0.1) is 27.8 Å². The Bertz CT molecular complexity index is 1310. The Morgan fingerprint density at radius 3 is 2.45 bits per heavy atom. The lowest BCUT2D eigenvalue weighted by Crippen LogP contribution is -2.05. The van der Waals surface area contributed by atoms with Crippen LogP contribution in [0.25, 0.3) is 33.0 Å². The minimum absolute atomic E-state index is 0.735. The Labute approximate surface area is 169 Å². The molecule has 0 atom stereocenters. The van der Waals surface area contributed by atoms with Crippen molar-refractivity contribution in [3.8, 4) is 0 Å². The highest BCUT2D eigenvalue weighted by Gasteiger charge is 2.12. The number of rotatable bonds is 3. The molecule has 0 fully saturated rings. The number of imidazole rings is 1. The molecule has 0 spiro atoms. The molecule has 0 bridgehead atoms. The number of aromatic nitrogens is 6. The zero-order valence-corrected chi connectivity index (χ0v) is 17.2. The van der Waals surface area contributed by atoms with E-state index in [9.17, 15) is 0 Å². The number of benzene rings is 1. The Balaban J connectivity index is 0.000000994. The first-order chi connectivity index (χ1) is 14.2. The second kappa shape index (κ2) is 7.91. The lowest BCUT2D eigenvalue weighted by molar-refractivity contribution is 0.759. The van der Waals surface area contributed by atoms with Crippen molar-refractivity contribution < 1.29 is 0 Å². The second-order valence-corrected chi connectivity index (χ2v) is 6.69. The molecule has 0 amide bonds. The summed E-state index contributed by atoms with van der Waals surface area (Å²) in [5.74, 6) is 1.85. The summed E-state index contributed by atoms with van der Waals surface area (Å²) in [4.78, 5) is 23.0. The summed E-state index contributed by atoms with van der Waals surface area (Å²) < 4.78 is 2.15. The molecule has 146 valence electrons. The van der Waals surface area contributed by atoms with Crippen LogP contribution in [-0.4, -0.2) is 29.5 Å². The van der Waals surface area contributed by atoms with Gasteiger partial charge in [0.25, 0.3) is 0 Å². The van der Waals surface area contributed by atoms with Crippen molar-refractivity contribution in [3.05, 3.63) is 66.1 Å². The van der Waals surface area contributed by atoms with Gasteiger partial charge in [-0.1, -0.05) is 13.8 Å². The number of hydrogen-bond acceptors (Lipinski definition) is 5. The first-order valence-electron chi connectivity index (χ1n) is 9.98. The topological polar surface area (TPSA) is 69.4 Å². The monoisotopic (exact) mass is 384 g/mol. The molecule has 0 unspecified atom stereocenters. The predicted octanol–water partition coefficient (Wildman–Crippen LogP) is 4.58. The Morgan fingerprint density at radius 1 is 0.793 bits per heavy atom. The molecule has 6 nitrogen and oxygen atoms in total. The maximum Gasteiger partial charge on any atom is 0.129 e. The van der Waals surface area contributed by atoms with Gasteiger partial charge >= 0.3 is 0 Å². The van der Waals surface area contributed by atoms with E-state index in [2.05, 4.69) is 43.7 Å². The van der Waals surface area contributed by atoms with Crippen molar-refractivity contribution in [1.29, 1.82) is 0 Å². The fraction of sp³-hybridized carbons (Fsp3) is 0.261. The van der Waals surface area contributed by atoms with Gasteiger partial charge in [-0.05, 0) is 43.3 Å². The van der Waals surface area contributed by atoms with Gasteiger partial charge < -0.3 is 4.57 Å². The summed E-state index contributed by atoms with van der Waals surface area (Å²) >= 11 is 0. The minimum atomic E-state index is 0.735. The number of aryl methyl sites for hydroxylation is 4. The molecule has 1 aromatic carbocycles. The van der Waals surface area contributed by atoms with E-state index < -0.39 is 0 Å². The van der Waals surface area contributed by atoms with Gasteiger partial charge in [0.1, 0.15) is 17.2 Å². The molecule has 0 N–H and O–H groups in total. The van der Waals surface area contributed by atoms with Crippen LogP contribution in [-0.2, 0) is 19.9 Å². The van der Waals surface area contributed by atoms with Gasteiger partial charge in [-0.2, -0.15) is 0 Å². The van der Waals surface area contributed by atoms with Gasteiger partial charge in [0.2, 0.25) is 0 Å². The average molecular weight is 384 g/mol. The van der Waals surface area contributed by atoms with Crippen molar-refractivity contribution >= 4 is 33.0 Å². The van der Waals surface area contributed by atoms with Crippen LogP contribution >= 0.6 is 0 Å². The van der Waals surface area contributed by atoms with Crippen molar-refractivity contribution in [2.75, 3.05) is 0 Å². The maximum absolute atomic E-state index is 4.90. The van der Waals surface area contributed by atoms with Crippen LogP contribution in [0.2, 0.25) is 0 Å². The van der Waals surface area contributed by atoms with Gasteiger partial charge in [0.15, 0.2) is 0 Å². The van der Waals surface area contributed by atoms with Crippen LogP contribution in [0.4, 0.5) is 0 Å². The predicted molar refractivity (Wildman–Crippen MR) is 117 cm³/mol. The number of nitrogens with zero attached hydrogens (tertiary/aromatic N) is 6. The standard InChI is InChI=1S/C21H18N6.C2H6/c1-13-20-16(6-4-12-23-20)25-18(24-13)9-10-19-26-21-14-5-3-11-22-15(14)7-8-17(21)27(19)2;1-2/h3-8,11-12H,9-10H2,1-2H3;1-2H3. The molecule has 29 heavy (non-hydrogen) atoms. The number of fused-ring (bicyclic) bond motifs is 4. The van der Waals surface area contributed by atoms with Gasteiger partial charge in [-0.3, -0.25) is 9.97 Å². The molecule has 0 aliphatic heterocycles. The Hall–Kier alpha value is -3.41. The molecule has 0 saturated heterocycles. The van der Waals surface area contributed by atoms with Crippen LogP contribution in [0.3, 0.4) is 0 Å². The molecule has 0 aliphatic rings. The van der Waals surface area contributed by atoms with Crippen molar-refractivity contribution in [3.63, 3.8) is 0 Å². The largest absolute Gasteiger partial charge is 0.331 e. The quantitative estimate of drug-likeness (QED) is 0.455.